The van der Waals surface area contributed by atoms with Crippen molar-refractivity contribution in [2.24, 2.45) is 5.92 Å². The first-order valence-electron chi connectivity index (χ1n) is 11.3. The highest BCUT2D eigenvalue weighted by Gasteiger charge is 2.38. The van der Waals surface area contributed by atoms with Gasteiger partial charge in [-0.05, 0) is 60.7 Å². The van der Waals surface area contributed by atoms with Gasteiger partial charge in [0.25, 0.3) is 10.0 Å². The second-order valence-electron chi connectivity index (χ2n) is 8.81. The van der Waals surface area contributed by atoms with Crippen LogP contribution in [-0.4, -0.2) is 22.6 Å². The molecule has 0 saturated carbocycles. The van der Waals surface area contributed by atoms with Crippen LogP contribution >= 0.6 is 0 Å². The Morgan fingerprint density at radius 3 is 2.44 bits per heavy atom. The van der Waals surface area contributed by atoms with Crippen LogP contribution in [0.1, 0.15) is 35.1 Å². The zero-order chi connectivity index (χ0) is 23.9. The van der Waals surface area contributed by atoms with Gasteiger partial charge in [0.05, 0.1) is 30.8 Å². The maximum Gasteiger partial charge on any atom is 0.261 e. The van der Waals surface area contributed by atoms with Gasteiger partial charge < -0.3 is 14.8 Å². The molecule has 7 heteroatoms. The van der Waals surface area contributed by atoms with E-state index in [4.69, 9.17) is 9.47 Å². The number of anilines is 2. The largest absolute Gasteiger partial charge is 0.493 e. The molecule has 5 rings (SSSR count). The van der Waals surface area contributed by atoms with Crippen LogP contribution in [0.3, 0.4) is 0 Å². The number of methoxy groups -OCH3 is 2. The minimum Gasteiger partial charge on any atom is -0.493 e. The van der Waals surface area contributed by atoms with Crippen LogP contribution in [-0.2, 0) is 10.0 Å². The van der Waals surface area contributed by atoms with E-state index in [0.717, 1.165) is 17.7 Å². The van der Waals surface area contributed by atoms with Gasteiger partial charge in [0.15, 0.2) is 11.5 Å². The summed E-state index contributed by atoms with van der Waals surface area (Å²) in [6.45, 7) is 2.09. The van der Waals surface area contributed by atoms with Gasteiger partial charge in [0, 0.05) is 17.7 Å². The van der Waals surface area contributed by atoms with Crippen molar-refractivity contribution in [3.8, 4) is 11.5 Å². The van der Waals surface area contributed by atoms with Crippen molar-refractivity contribution in [1.82, 2.24) is 0 Å². The molecule has 0 saturated heterocycles. The van der Waals surface area contributed by atoms with E-state index < -0.39 is 10.0 Å². The summed E-state index contributed by atoms with van der Waals surface area (Å²) in [6, 6.07) is 19.1. The van der Waals surface area contributed by atoms with E-state index in [0.29, 0.717) is 23.1 Å². The lowest BCUT2D eigenvalue weighted by Gasteiger charge is -2.37. The summed E-state index contributed by atoms with van der Waals surface area (Å²) < 4.78 is 39.7. The third kappa shape index (κ3) is 4.01. The SMILES string of the molecule is COc1ccc(NS(=O)(=O)c2ccc3c(c2)[C@H]2C=CC[C@H]2[C@@H](c2ccc(C)cc2)N3)cc1OC. The Kier molecular flexibility index (Phi) is 5.73. The smallest absolute Gasteiger partial charge is 0.261 e. The van der Waals surface area contributed by atoms with Crippen molar-refractivity contribution >= 4 is 21.4 Å². The molecule has 0 fully saturated rings. The number of rotatable bonds is 6. The van der Waals surface area contributed by atoms with Crippen molar-refractivity contribution in [1.29, 1.82) is 0 Å². The van der Waals surface area contributed by atoms with Gasteiger partial charge >= 0.3 is 0 Å². The molecule has 0 amide bonds. The molecule has 3 aromatic carbocycles. The maximum atomic E-state index is 13.2. The van der Waals surface area contributed by atoms with Gasteiger partial charge in [0.2, 0.25) is 0 Å². The summed E-state index contributed by atoms with van der Waals surface area (Å²) in [5.41, 5.74) is 4.88. The lowest BCUT2D eigenvalue weighted by Crippen LogP contribution is -2.29. The van der Waals surface area contributed by atoms with E-state index in [-0.39, 0.29) is 16.9 Å². The van der Waals surface area contributed by atoms with Gasteiger partial charge in [-0.3, -0.25) is 4.72 Å². The normalized spacial score (nSPS) is 20.7. The summed E-state index contributed by atoms with van der Waals surface area (Å²) in [5, 5.41) is 3.67. The van der Waals surface area contributed by atoms with Crippen LogP contribution in [0.15, 0.2) is 77.7 Å². The van der Waals surface area contributed by atoms with E-state index in [1.165, 1.54) is 25.3 Å². The van der Waals surface area contributed by atoms with Gasteiger partial charge in [0.1, 0.15) is 0 Å². The standard InChI is InChI=1S/C27H28N2O4S/c1-17-7-9-18(10-8-17)27-22-6-4-5-21(22)23-16-20(12-13-24(23)28-27)34(30,31)29-19-11-14-25(32-2)26(15-19)33-3/h4-5,7-16,21-22,27-29H,6H2,1-3H3/t21-,22+,27+/m0/s1. The van der Waals surface area contributed by atoms with Crippen molar-refractivity contribution in [2.75, 3.05) is 24.3 Å². The zero-order valence-electron chi connectivity index (χ0n) is 19.4. The number of hydrogen-bond acceptors (Lipinski definition) is 5. The minimum atomic E-state index is -3.79. The fourth-order valence-electron chi connectivity index (χ4n) is 4.96. The van der Waals surface area contributed by atoms with Crippen LogP contribution in [0.25, 0.3) is 0 Å². The van der Waals surface area contributed by atoms with E-state index in [2.05, 4.69) is 53.4 Å². The predicted octanol–water partition coefficient (Wildman–Crippen LogP) is 5.64. The molecule has 6 nitrogen and oxygen atoms in total. The maximum absolute atomic E-state index is 13.2. The summed E-state index contributed by atoms with van der Waals surface area (Å²) in [6.07, 6.45) is 5.37. The van der Waals surface area contributed by atoms with Gasteiger partial charge in [-0.2, -0.15) is 0 Å². The molecule has 0 radical (unpaired) electrons. The minimum absolute atomic E-state index is 0.166. The molecule has 0 bridgehead atoms. The first kappa shape index (κ1) is 22.3. The Hall–Kier alpha value is -3.45. The second kappa shape index (κ2) is 8.72. The van der Waals surface area contributed by atoms with E-state index in [1.807, 2.05) is 6.07 Å². The Balaban J connectivity index is 1.46. The number of sulfonamides is 1. The first-order chi connectivity index (χ1) is 16.4. The molecule has 1 heterocycles. The van der Waals surface area contributed by atoms with Crippen LogP contribution in [0.4, 0.5) is 11.4 Å². The van der Waals surface area contributed by atoms with Crippen LogP contribution in [0, 0.1) is 12.8 Å². The molecule has 3 atom stereocenters. The van der Waals surface area contributed by atoms with Crippen molar-refractivity contribution < 1.29 is 17.9 Å². The second-order valence-corrected chi connectivity index (χ2v) is 10.5. The summed E-state index contributed by atoms with van der Waals surface area (Å²) >= 11 is 0. The molecule has 176 valence electrons. The fraction of sp³-hybridized carbons (Fsp3) is 0.259. The average molecular weight is 477 g/mol. The van der Waals surface area contributed by atoms with E-state index in [9.17, 15) is 8.42 Å². The molecular weight excluding hydrogens is 448 g/mol. The molecular formula is C27H28N2O4S. The van der Waals surface area contributed by atoms with E-state index in [1.54, 1.807) is 30.3 Å². The van der Waals surface area contributed by atoms with Gasteiger partial charge in [-0.1, -0.05) is 42.0 Å². The number of allylic oxidation sites excluding steroid dienone is 2. The monoisotopic (exact) mass is 476 g/mol. The number of aryl methyl sites for hydroxylation is 1. The van der Waals surface area contributed by atoms with Crippen molar-refractivity contribution in [2.45, 2.75) is 30.2 Å². The Morgan fingerprint density at radius 1 is 0.941 bits per heavy atom. The van der Waals surface area contributed by atoms with Crippen LogP contribution in [0.2, 0.25) is 0 Å². The van der Waals surface area contributed by atoms with Crippen LogP contribution in [0.5, 0.6) is 11.5 Å². The number of benzene rings is 3. The summed E-state index contributed by atoms with van der Waals surface area (Å²) in [5.74, 6) is 1.50. The molecule has 2 aliphatic rings. The lowest BCUT2D eigenvalue weighted by atomic mass is 9.77. The summed E-state index contributed by atoms with van der Waals surface area (Å²) in [4.78, 5) is 0.232. The van der Waals surface area contributed by atoms with Crippen LogP contribution < -0.4 is 19.5 Å². The lowest BCUT2D eigenvalue weighted by molar-refractivity contribution is 0.355. The highest BCUT2D eigenvalue weighted by molar-refractivity contribution is 7.92. The zero-order valence-corrected chi connectivity index (χ0v) is 20.2. The topological polar surface area (TPSA) is 76.7 Å². The van der Waals surface area contributed by atoms with E-state index >= 15 is 0 Å². The highest BCUT2D eigenvalue weighted by atomic mass is 32.2. The fourth-order valence-corrected chi connectivity index (χ4v) is 6.04. The summed E-state index contributed by atoms with van der Waals surface area (Å²) in [7, 11) is -0.734. The first-order valence-corrected chi connectivity index (χ1v) is 12.8. The molecule has 0 aromatic heterocycles. The number of hydrogen-bond donors (Lipinski definition) is 2. The molecule has 2 N–H and O–H groups in total. The Morgan fingerprint density at radius 2 is 1.71 bits per heavy atom. The predicted molar refractivity (Wildman–Crippen MR) is 134 cm³/mol. The third-order valence-corrected chi connectivity index (χ3v) is 8.10. The van der Waals surface area contributed by atoms with Gasteiger partial charge in [-0.25, -0.2) is 8.42 Å². The number of fused-ring (bicyclic) bond motifs is 3. The number of nitrogens with one attached hydrogen (secondary N) is 2. The Bertz CT molecular complexity index is 1350. The highest BCUT2D eigenvalue weighted by Crippen LogP contribution is 2.50. The Labute approximate surface area is 200 Å². The molecule has 0 unspecified atom stereocenters. The van der Waals surface area contributed by atoms with Gasteiger partial charge in [-0.15, -0.1) is 0 Å². The number of ether oxygens (including phenoxy) is 2. The third-order valence-electron chi connectivity index (χ3n) is 6.72. The molecule has 3 aromatic rings. The average Bonchev–Trinajstić information content (AvgIpc) is 3.34. The quantitative estimate of drug-likeness (QED) is 0.450. The molecule has 0 spiro atoms. The molecule has 1 aliphatic heterocycles. The van der Waals surface area contributed by atoms with Crippen molar-refractivity contribution in [3.63, 3.8) is 0 Å². The molecule has 1 aliphatic carbocycles. The van der Waals surface area contributed by atoms with Crippen molar-refractivity contribution in [3.05, 3.63) is 89.5 Å². The molecule has 34 heavy (non-hydrogen) atoms.